The van der Waals surface area contributed by atoms with E-state index < -0.39 is 0 Å². The third-order valence-corrected chi connectivity index (χ3v) is 3.96. The molecule has 0 fully saturated rings. The Balaban J connectivity index is 2.01. The summed E-state index contributed by atoms with van der Waals surface area (Å²) in [6, 6.07) is 10.7. The maximum absolute atomic E-state index is 6.35. The van der Waals surface area contributed by atoms with Crippen LogP contribution in [0.4, 0.5) is 5.69 Å². The minimum absolute atomic E-state index is 0.985. The second-order valence-corrected chi connectivity index (χ2v) is 5.20. The summed E-state index contributed by atoms with van der Waals surface area (Å²) >= 11 is 0. The van der Waals surface area contributed by atoms with Gasteiger partial charge in [-0.05, 0) is 35.9 Å². The number of nitrogens with two attached hydrogens (primary N) is 1. The molecule has 19 heavy (non-hydrogen) atoms. The molecule has 2 aromatic carbocycles. The van der Waals surface area contributed by atoms with Crippen LogP contribution in [0.15, 0.2) is 42.5 Å². The first kappa shape index (κ1) is 12.2. The lowest BCUT2D eigenvalue weighted by Crippen LogP contribution is -2.31. The highest BCUT2D eigenvalue weighted by Gasteiger charge is 2.18. The van der Waals surface area contributed by atoms with E-state index in [9.17, 15) is 0 Å². The van der Waals surface area contributed by atoms with Gasteiger partial charge in [0.1, 0.15) is 0 Å². The van der Waals surface area contributed by atoms with Gasteiger partial charge in [-0.1, -0.05) is 36.4 Å². The van der Waals surface area contributed by atoms with Crippen molar-refractivity contribution in [3.63, 3.8) is 0 Å². The fourth-order valence-electron chi connectivity index (χ4n) is 2.92. The number of fused-ring (bicyclic) bond motifs is 2. The van der Waals surface area contributed by atoms with Gasteiger partial charge in [0.2, 0.25) is 0 Å². The molecule has 1 aliphatic rings. The van der Waals surface area contributed by atoms with Crippen LogP contribution in [-0.4, -0.2) is 18.0 Å². The summed E-state index contributed by atoms with van der Waals surface area (Å²) in [5.41, 5.74) is 10.1. The lowest BCUT2D eigenvalue weighted by molar-refractivity contribution is 0.282. The summed E-state index contributed by atoms with van der Waals surface area (Å²) in [5.74, 6) is 0. The van der Waals surface area contributed by atoms with E-state index in [0.29, 0.717) is 0 Å². The molecular formula is C17H20N2. The predicted octanol–water partition coefficient (Wildman–Crippen LogP) is 3.36. The summed E-state index contributed by atoms with van der Waals surface area (Å²) < 4.78 is 0. The second-order valence-electron chi connectivity index (χ2n) is 5.20. The van der Waals surface area contributed by atoms with E-state index in [2.05, 4.69) is 54.3 Å². The summed E-state index contributed by atoms with van der Waals surface area (Å²) in [6.45, 7) is 5.21. The Morgan fingerprint density at radius 3 is 3.00 bits per heavy atom. The van der Waals surface area contributed by atoms with E-state index in [1.54, 1.807) is 0 Å². The number of nitrogens with zero attached hydrogens (tertiary/aromatic N) is 1. The first-order chi connectivity index (χ1) is 9.29. The molecule has 0 saturated heterocycles. The van der Waals surface area contributed by atoms with Gasteiger partial charge < -0.3 is 5.73 Å². The number of hydrogen-bond acceptors (Lipinski definition) is 2. The molecule has 0 atom stereocenters. The van der Waals surface area contributed by atoms with Crippen LogP contribution in [0.5, 0.6) is 0 Å². The van der Waals surface area contributed by atoms with Crippen molar-refractivity contribution in [2.45, 2.75) is 19.9 Å². The Kier molecular flexibility index (Phi) is 3.26. The maximum atomic E-state index is 6.35. The highest BCUT2D eigenvalue weighted by atomic mass is 15.1. The molecular weight excluding hydrogens is 232 g/mol. The van der Waals surface area contributed by atoms with Gasteiger partial charge in [0.15, 0.2) is 0 Å². The molecule has 0 spiro atoms. The van der Waals surface area contributed by atoms with E-state index in [1.165, 1.54) is 21.9 Å². The van der Waals surface area contributed by atoms with E-state index in [0.717, 1.165) is 31.7 Å². The molecule has 3 rings (SSSR count). The molecule has 2 heteroatoms. The predicted molar refractivity (Wildman–Crippen MR) is 82.2 cm³/mol. The average molecular weight is 252 g/mol. The quantitative estimate of drug-likeness (QED) is 0.656. The number of anilines is 1. The van der Waals surface area contributed by atoms with Crippen molar-refractivity contribution in [3.05, 3.63) is 53.6 Å². The topological polar surface area (TPSA) is 29.3 Å². The van der Waals surface area contributed by atoms with Crippen LogP contribution in [0, 0.1) is 0 Å². The monoisotopic (exact) mass is 252 g/mol. The zero-order valence-electron chi connectivity index (χ0n) is 11.4. The van der Waals surface area contributed by atoms with Gasteiger partial charge in [-0.15, -0.1) is 0 Å². The highest BCUT2D eigenvalue weighted by Crippen LogP contribution is 2.31. The Morgan fingerprint density at radius 2 is 2.16 bits per heavy atom. The Hall–Kier alpha value is -1.80. The number of hydrogen-bond donors (Lipinski definition) is 1. The Bertz CT molecular complexity index is 628. The van der Waals surface area contributed by atoms with Gasteiger partial charge in [-0.3, -0.25) is 4.90 Å². The first-order valence-electron chi connectivity index (χ1n) is 6.92. The molecule has 0 saturated carbocycles. The van der Waals surface area contributed by atoms with Crippen molar-refractivity contribution in [1.29, 1.82) is 0 Å². The Labute approximate surface area is 114 Å². The van der Waals surface area contributed by atoms with E-state index in [1.807, 2.05) is 0 Å². The third kappa shape index (κ3) is 2.24. The van der Waals surface area contributed by atoms with Gasteiger partial charge in [-0.2, -0.15) is 0 Å². The van der Waals surface area contributed by atoms with E-state index in [4.69, 9.17) is 5.73 Å². The minimum Gasteiger partial charge on any atom is -0.398 e. The lowest BCUT2D eigenvalue weighted by Gasteiger charge is -2.29. The molecule has 0 bridgehead atoms. The van der Waals surface area contributed by atoms with Gasteiger partial charge in [-0.25, -0.2) is 0 Å². The molecule has 0 radical (unpaired) electrons. The summed E-state index contributed by atoms with van der Waals surface area (Å²) in [4.78, 5) is 2.47. The van der Waals surface area contributed by atoms with Gasteiger partial charge >= 0.3 is 0 Å². The largest absolute Gasteiger partial charge is 0.398 e. The maximum Gasteiger partial charge on any atom is 0.0430 e. The third-order valence-electron chi connectivity index (χ3n) is 3.96. The molecule has 98 valence electrons. The summed E-state index contributed by atoms with van der Waals surface area (Å²) in [5, 5.41) is 2.45. The van der Waals surface area contributed by atoms with E-state index in [-0.39, 0.29) is 0 Å². The number of rotatable bonds is 2. The Morgan fingerprint density at radius 1 is 1.32 bits per heavy atom. The summed E-state index contributed by atoms with van der Waals surface area (Å²) in [6.07, 6.45) is 5.39. The SMILES string of the molecule is C/C=C/CN1CCc2c(cc3ccccc3c2N)C1. The zero-order chi connectivity index (χ0) is 13.2. The number of nitrogen functional groups attached to an aromatic ring is 1. The molecule has 0 unspecified atom stereocenters. The van der Waals surface area contributed by atoms with Crippen LogP contribution in [-0.2, 0) is 13.0 Å². The molecule has 0 aliphatic carbocycles. The van der Waals surface area contributed by atoms with Crippen molar-refractivity contribution in [1.82, 2.24) is 4.90 Å². The van der Waals surface area contributed by atoms with Crippen molar-refractivity contribution in [2.75, 3.05) is 18.8 Å². The molecule has 1 heterocycles. The standard InChI is InChI=1S/C17H20N2/c1-2-3-9-19-10-8-16-14(12-19)11-13-6-4-5-7-15(13)17(16)18/h2-7,11H,8-10,12,18H2,1H3/b3-2+. The minimum atomic E-state index is 0.985. The van der Waals surface area contributed by atoms with Crippen LogP contribution in [0.2, 0.25) is 0 Å². The molecule has 2 N–H and O–H groups in total. The van der Waals surface area contributed by atoms with Gasteiger partial charge in [0, 0.05) is 30.7 Å². The molecule has 1 aliphatic heterocycles. The molecule has 0 aromatic heterocycles. The molecule has 2 nitrogen and oxygen atoms in total. The fraction of sp³-hybridized carbons (Fsp3) is 0.294. The first-order valence-corrected chi connectivity index (χ1v) is 6.92. The highest BCUT2D eigenvalue weighted by molar-refractivity contribution is 5.95. The van der Waals surface area contributed by atoms with Crippen molar-refractivity contribution in [2.24, 2.45) is 0 Å². The average Bonchev–Trinajstić information content (AvgIpc) is 2.45. The van der Waals surface area contributed by atoms with Crippen molar-refractivity contribution >= 4 is 16.5 Å². The van der Waals surface area contributed by atoms with Crippen LogP contribution < -0.4 is 5.73 Å². The van der Waals surface area contributed by atoms with Crippen LogP contribution in [0.1, 0.15) is 18.1 Å². The lowest BCUT2D eigenvalue weighted by atomic mass is 9.93. The molecule has 0 amide bonds. The smallest absolute Gasteiger partial charge is 0.0430 e. The van der Waals surface area contributed by atoms with Crippen molar-refractivity contribution < 1.29 is 0 Å². The second kappa shape index (κ2) is 5.06. The van der Waals surface area contributed by atoms with Crippen LogP contribution in [0.25, 0.3) is 10.8 Å². The van der Waals surface area contributed by atoms with E-state index >= 15 is 0 Å². The fourth-order valence-corrected chi connectivity index (χ4v) is 2.92. The van der Waals surface area contributed by atoms with Gasteiger partial charge in [0.25, 0.3) is 0 Å². The number of allylic oxidation sites excluding steroid dienone is 1. The van der Waals surface area contributed by atoms with Crippen molar-refractivity contribution in [3.8, 4) is 0 Å². The normalized spacial score (nSPS) is 16.1. The van der Waals surface area contributed by atoms with Gasteiger partial charge in [0.05, 0.1) is 0 Å². The zero-order valence-corrected chi connectivity index (χ0v) is 11.4. The van der Waals surface area contributed by atoms with Crippen LogP contribution >= 0.6 is 0 Å². The number of benzene rings is 2. The summed E-state index contributed by atoms with van der Waals surface area (Å²) in [7, 11) is 0. The van der Waals surface area contributed by atoms with Crippen LogP contribution in [0.3, 0.4) is 0 Å². The molecule has 2 aromatic rings.